The van der Waals surface area contributed by atoms with Crippen LogP contribution in [0.5, 0.6) is 0 Å². The number of nitrogens with zero attached hydrogens (tertiary/aromatic N) is 2. The van der Waals surface area contributed by atoms with Gasteiger partial charge in [-0.2, -0.15) is 9.57 Å². The Hall–Kier alpha value is -1.42. The molecule has 0 bridgehead atoms. The molecule has 1 aliphatic heterocycles. The van der Waals surface area contributed by atoms with Crippen LogP contribution < -0.4 is 5.73 Å². The first-order valence-corrected chi connectivity index (χ1v) is 7.63. The van der Waals surface area contributed by atoms with Gasteiger partial charge in [-0.15, -0.1) is 0 Å². The monoisotopic (exact) mass is 279 g/mol. The van der Waals surface area contributed by atoms with Crippen molar-refractivity contribution < 1.29 is 8.42 Å². The predicted molar refractivity (Wildman–Crippen MR) is 71.7 cm³/mol. The van der Waals surface area contributed by atoms with Crippen molar-refractivity contribution >= 4 is 10.0 Å². The van der Waals surface area contributed by atoms with Crippen molar-refractivity contribution in [2.75, 3.05) is 13.1 Å². The van der Waals surface area contributed by atoms with Crippen LogP contribution in [0.25, 0.3) is 0 Å². The fraction of sp³-hybridized carbons (Fsp3) is 0.462. The molecule has 6 heteroatoms. The van der Waals surface area contributed by atoms with Gasteiger partial charge in [-0.05, 0) is 36.6 Å². The van der Waals surface area contributed by atoms with Crippen molar-refractivity contribution in [3.63, 3.8) is 0 Å². The van der Waals surface area contributed by atoms with Crippen LogP contribution in [0, 0.1) is 17.2 Å². The zero-order valence-corrected chi connectivity index (χ0v) is 11.6. The number of piperidine rings is 1. The lowest BCUT2D eigenvalue weighted by Crippen LogP contribution is -2.48. The Morgan fingerprint density at radius 1 is 1.32 bits per heavy atom. The maximum absolute atomic E-state index is 12.5. The first-order valence-electron chi connectivity index (χ1n) is 6.19. The van der Waals surface area contributed by atoms with E-state index in [0.717, 1.165) is 6.42 Å². The van der Waals surface area contributed by atoms with Gasteiger partial charge in [0.15, 0.2) is 0 Å². The minimum atomic E-state index is -3.51. The van der Waals surface area contributed by atoms with E-state index in [9.17, 15) is 8.42 Å². The summed E-state index contributed by atoms with van der Waals surface area (Å²) in [6, 6.07) is 7.83. The second kappa shape index (κ2) is 5.29. The molecule has 0 aliphatic carbocycles. The molecule has 0 saturated carbocycles. The normalized spacial score (nSPS) is 24.9. The summed E-state index contributed by atoms with van der Waals surface area (Å²) >= 11 is 0. The van der Waals surface area contributed by atoms with Gasteiger partial charge in [-0.3, -0.25) is 0 Å². The van der Waals surface area contributed by atoms with Crippen molar-refractivity contribution in [3.05, 3.63) is 29.8 Å². The van der Waals surface area contributed by atoms with Crippen LogP contribution in [0.2, 0.25) is 0 Å². The van der Waals surface area contributed by atoms with E-state index in [1.807, 2.05) is 13.0 Å². The molecule has 0 aromatic heterocycles. The average Bonchev–Trinajstić information content (AvgIpc) is 2.37. The standard InChI is InChI=1S/C13H17N3O2S/c1-10-6-12(15)9-16(8-10)19(17,18)13-4-2-11(7-14)3-5-13/h2-5,10,12H,6,8-9,15H2,1H3. The van der Waals surface area contributed by atoms with E-state index in [4.69, 9.17) is 11.0 Å². The largest absolute Gasteiger partial charge is 0.326 e. The van der Waals surface area contributed by atoms with Crippen molar-refractivity contribution in [2.45, 2.75) is 24.3 Å². The quantitative estimate of drug-likeness (QED) is 0.872. The Morgan fingerprint density at radius 3 is 2.47 bits per heavy atom. The first kappa shape index (κ1) is 14.0. The Kier molecular flexibility index (Phi) is 3.90. The highest BCUT2D eigenvalue weighted by Crippen LogP contribution is 2.23. The molecule has 0 radical (unpaired) electrons. The maximum Gasteiger partial charge on any atom is 0.243 e. The van der Waals surface area contributed by atoms with E-state index in [0.29, 0.717) is 18.7 Å². The van der Waals surface area contributed by atoms with Gasteiger partial charge in [0.25, 0.3) is 0 Å². The van der Waals surface area contributed by atoms with E-state index in [1.54, 1.807) is 0 Å². The highest BCUT2D eigenvalue weighted by atomic mass is 32.2. The number of hydrogen-bond donors (Lipinski definition) is 1. The molecule has 1 saturated heterocycles. The fourth-order valence-electron chi connectivity index (χ4n) is 2.40. The molecule has 1 aliphatic rings. The molecule has 0 spiro atoms. The first-order chi connectivity index (χ1) is 8.93. The summed E-state index contributed by atoms with van der Waals surface area (Å²) in [5.41, 5.74) is 6.33. The van der Waals surface area contributed by atoms with Crippen LogP contribution in [0.15, 0.2) is 29.2 Å². The van der Waals surface area contributed by atoms with Crippen molar-refractivity contribution in [3.8, 4) is 6.07 Å². The Labute approximate surface area is 113 Å². The smallest absolute Gasteiger partial charge is 0.243 e. The van der Waals surface area contributed by atoms with Crippen molar-refractivity contribution in [2.24, 2.45) is 11.7 Å². The predicted octanol–water partition coefficient (Wildman–Crippen LogP) is 0.916. The van der Waals surface area contributed by atoms with Gasteiger partial charge < -0.3 is 5.73 Å². The minimum absolute atomic E-state index is 0.114. The van der Waals surface area contributed by atoms with E-state index in [-0.39, 0.29) is 16.9 Å². The fourth-order valence-corrected chi connectivity index (χ4v) is 4.01. The van der Waals surface area contributed by atoms with E-state index in [1.165, 1.54) is 28.6 Å². The van der Waals surface area contributed by atoms with Crippen molar-refractivity contribution in [1.29, 1.82) is 5.26 Å². The third-order valence-electron chi connectivity index (χ3n) is 3.28. The summed E-state index contributed by atoms with van der Waals surface area (Å²) in [6.07, 6.45) is 0.847. The van der Waals surface area contributed by atoms with Gasteiger partial charge >= 0.3 is 0 Å². The van der Waals surface area contributed by atoms with Crippen LogP contribution in [0.1, 0.15) is 18.9 Å². The lowest BCUT2D eigenvalue weighted by atomic mass is 9.99. The number of sulfonamides is 1. The number of nitriles is 1. The molecular weight excluding hydrogens is 262 g/mol. The van der Waals surface area contributed by atoms with Gasteiger partial charge in [0.05, 0.1) is 16.5 Å². The van der Waals surface area contributed by atoms with Crippen LogP contribution in [0.3, 0.4) is 0 Å². The average molecular weight is 279 g/mol. The highest BCUT2D eigenvalue weighted by molar-refractivity contribution is 7.89. The molecule has 2 atom stereocenters. The summed E-state index contributed by atoms with van der Waals surface area (Å²) < 4.78 is 26.4. The second-order valence-corrected chi connectivity index (χ2v) is 7.00. The second-order valence-electron chi connectivity index (χ2n) is 5.06. The van der Waals surface area contributed by atoms with E-state index < -0.39 is 10.0 Å². The molecule has 102 valence electrons. The molecular formula is C13H17N3O2S. The molecule has 5 nitrogen and oxygen atoms in total. The van der Waals surface area contributed by atoms with Crippen LogP contribution >= 0.6 is 0 Å². The van der Waals surface area contributed by atoms with Gasteiger partial charge in [-0.25, -0.2) is 8.42 Å². The third-order valence-corrected chi connectivity index (χ3v) is 5.13. The zero-order valence-electron chi connectivity index (χ0n) is 10.8. The number of nitrogens with two attached hydrogens (primary N) is 1. The summed E-state index contributed by atoms with van der Waals surface area (Å²) in [5, 5.41) is 8.72. The molecule has 1 heterocycles. The molecule has 1 aromatic carbocycles. The molecule has 2 rings (SSSR count). The highest BCUT2D eigenvalue weighted by Gasteiger charge is 2.31. The van der Waals surface area contributed by atoms with Gasteiger partial charge in [-0.1, -0.05) is 6.92 Å². The molecule has 1 aromatic rings. The minimum Gasteiger partial charge on any atom is -0.326 e. The van der Waals surface area contributed by atoms with Gasteiger partial charge in [0, 0.05) is 19.1 Å². The number of hydrogen-bond acceptors (Lipinski definition) is 4. The number of benzene rings is 1. The Morgan fingerprint density at radius 2 is 1.95 bits per heavy atom. The summed E-state index contributed by atoms with van der Waals surface area (Å²) in [6.45, 7) is 2.85. The van der Waals surface area contributed by atoms with E-state index in [2.05, 4.69) is 0 Å². The number of rotatable bonds is 2. The Balaban J connectivity index is 2.28. The van der Waals surface area contributed by atoms with Crippen LogP contribution in [-0.2, 0) is 10.0 Å². The molecule has 1 fully saturated rings. The van der Waals surface area contributed by atoms with Crippen LogP contribution in [0.4, 0.5) is 0 Å². The Bertz CT molecular complexity index is 579. The van der Waals surface area contributed by atoms with Gasteiger partial charge in [0.2, 0.25) is 10.0 Å². The topological polar surface area (TPSA) is 87.2 Å². The molecule has 0 amide bonds. The SMILES string of the molecule is CC1CC(N)CN(S(=O)(=O)c2ccc(C#N)cc2)C1. The molecule has 2 unspecified atom stereocenters. The summed E-state index contributed by atoms with van der Waals surface area (Å²) in [5.74, 6) is 0.261. The van der Waals surface area contributed by atoms with Gasteiger partial charge in [0.1, 0.15) is 0 Å². The summed E-state index contributed by atoms with van der Waals surface area (Å²) in [7, 11) is -3.51. The van der Waals surface area contributed by atoms with Crippen molar-refractivity contribution in [1.82, 2.24) is 4.31 Å². The molecule has 2 N–H and O–H groups in total. The van der Waals surface area contributed by atoms with Crippen LogP contribution in [-0.4, -0.2) is 31.9 Å². The zero-order chi connectivity index (χ0) is 14.0. The summed E-state index contributed by atoms with van der Waals surface area (Å²) in [4.78, 5) is 0.216. The van der Waals surface area contributed by atoms with E-state index >= 15 is 0 Å². The maximum atomic E-state index is 12.5. The lowest BCUT2D eigenvalue weighted by molar-refractivity contribution is 0.254. The molecule has 19 heavy (non-hydrogen) atoms. The lowest BCUT2D eigenvalue weighted by Gasteiger charge is -2.33. The third kappa shape index (κ3) is 2.95.